The predicted octanol–water partition coefficient (Wildman–Crippen LogP) is 2.56. The molecule has 6 nitrogen and oxygen atoms in total. The minimum atomic E-state index is -4.14. The minimum Gasteiger partial charge on any atom is -0.496 e. The van der Waals surface area contributed by atoms with E-state index in [1.165, 1.54) is 32.4 Å². The van der Waals surface area contributed by atoms with E-state index in [4.69, 9.17) is 4.74 Å². The highest BCUT2D eigenvalue weighted by Crippen LogP contribution is 2.26. The second-order valence-electron chi connectivity index (χ2n) is 4.59. The van der Waals surface area contributed by atoms with Crippen LogP contribution in [0.5, 0.6) is 5.75 Å². The van der Waals surface area contributed by atoms with E-state index in [9.17, 15) is 22.0 Å². The first kappa shape index (κ1) is 17.7. The van der Waals surface area contributed by atoms with Crippen molar-refractivity contribution in [2.45, 2.75) is 4.90 Å². The van der Waals surface area contributed by atoms with Gasteiger partial charge in [-0.3, -0.25) is 4.72 Å². The maximum absolute atomic E-state index is 13.2. The topological polar surface area (TPSA) is 81.7 Å². The zero-order chi connectivity index (χ0) is 17.9. The van der Waals surface area contributed by atoms with Crippen LogP contribution in [0.3, 0.4) is 0 Å². The molecule has 0 amide bonds. The number of hydrogen-bond donors (Lipinski definition) is 1. The number of anilines is 1. The van der Waals surface area contributed by atoms with E-state index in [0.29, 0.717) is 12.1 Å². The SMILES string of the molecule is COC(=O)c1ccc(NS(=O)(=O)c2ccc(F)c(F)c2)cc1OC. The standard InChI is InChI=1S/C15H13F2NO5S/c1-22-14-7-9(3-5-11(14)15(19)23-2)18-24(20,21)10-4-6-12(16)13(17)8-10/h3-8,18H,1-2H3. The monoisotopic (exact) mass is 357 g/mol. The molecule has 0 aliphatic rings. The van der Waals surface area contributed by atoms with Gasteiger partial charge in [-0.05, 0) is 30.3 Å². The number of hydrogen-bond acceptors (Lipinski definition) is 5. The van der Waals surface area contributed by atoms with Crippen molar-refractivity contribution in [3.63, 3.8) is 0 Å². The maximum Gasteiger partial charge on any atom is 0.341 e. The molecule has 2 aromatic rings. The van der Waals surface area contributed by atoms with E-state index in [1.807, 2.05) is 0 Å². The number of carbonyl (C=O) groups excluding carboxylic acids is 1. The molecule has 0 spiro atoms. The lowest BCUT2D eigenvalue weighted by atomic mass is 10.2. The second-order valence-corrected chi connectivity index (χ2v) is 6.27. The normalized spacial score (nSPS) is 11.0. The summed E-state index contributed by atoms with van der Waals surface area (Å²) in [6, 6.07) is 6.10. The highest BCUT2D eigenvalue weighted by atomic mass is 32.2. The molecule has 2 aromatic carbocycles. The smallest absolute Gasteiger partial charge is 0.341 e. The molecule has 0 aliphatic heterocycles. The summed E-state index contributed by atoms with van der Waals surface area (Å²) in [5.41, 5.74) is 0.181. The van der Waals surface area contributed by atoms with Crippen LogP contribution in [0.4, 0.5) is 14.5 Å². The molecule has 0 atom stereocenters. The van der Waals surface area contributed by atoms with Crippen molar-refractivity contribution in [1.29, 1.82) is 0 Å². The molecule has 1 N–H and O–H groups in total. The quantitative estimate of drug-likeness (QED) is 0.832. The lowest BCUT2D eigenvalue weighted by Gasteiger charge is -2.12. The third kappa shape index (κ3) is 3.62. The molecule has 0 saturated carbocycles. The first-order chi connectivity index (χ1) is 11.3. The Hall–Kier alpha value is -2.68. The van der Waals surface area contributed by atoms with Crippen molar-refractivity contribution in [2.24, 2.45) is 0 Å². The predicted molar refractivity (Wildman–Crippen MR) is 81.5 cm³/mol. The number of ether oxygens (including phenoxy) is 2. The van der Waals surface area contributed by atoms with Gasteiger partial charge in [0.1, 0.15) is 11.3 Å². The van der Waals surface area contributed by atoms with E-state index in [2.05, 4.69) is 9.46 Å². The third-order valence-corrected chi connectivity index (χ3v) is 4.44. The van der Waals surface area contributed by atoms with Crippen molar-refractivity contribution < 1.29 is 31.5 Å². The van der Waals surface area contributed by atoms with Crippen LogP contribution < -0.4 is 9.46 Å². The van der Waals surface area contributed by atoms with Crippen LogP contribution in [-0.4, -0.2) is 28.6 Å². The Kier molecular flexibility index (Phi) is 5.03. The number of carbonyl (C=O) groups is 1. The van der Waals surface area contributed by atoms with Gasteiger partial charge >= 0.3 is 5.97 Å². The molecule has 0 saturated heterocycles. The molecule has 0 aliphatic carbocycles. The van der Waals surface area contributed by atoms with Crippen LogP contribution in [0, 0.1) is 11.6 Å². The van der Waals surface area contributed by atoms with Crippen molar-refractivity contribution in [2.75, 3.05) is 18.9 Å². The van der Waals surface area contributed by atoms with Crippen molar-refractivity contribution in [3.8, 4) is 5.75 Å². The lowest BCUT2D eigenvalue weighted by molar-refractivity contribution is 0.0597. The first-order valence-corrected chi connectivity index (χ1v) is 8.01. The molecule has 0 heterocycles. The van der Waals surface area contributed by atoms with E-state index in [0.717, 1.165) is 6.07 Å². The molecular formula is C15H13F2NO5S. The Balaban J connectivity index is 2.36. The van der Waals surface area contributed by atoms with Crippen LogP contribution >= 0.6 is 0 Å². The fourth-order valence-corrected chi connectivity index (χ4v) is 2.95. The molecule has 128 valence electrons. The summed E-state index contributed by atoms with van der Waals surface area (Å²) in [6.45, 7) is 0. The molecule has 0 bridgehead atoms. The summed E-state index contributed by atoms with van der Waals surface area (Å²) in [5, 5.41) is 0. The number of benzene rings is 2. The van der Waals surface area contributed by atoms with Gasteiger partial charge in [0.05, 0.1) is 24.8 Å². The Morgan fingerprint density at radius 1 is 1.04 bits per heavy atom. The molecular weight excluding hydrogens is 344 g/mol. The van der Waals surface area contributed by atoms with Crippen LogP contribution in [0.25, 0.3) is 0 Å². The highest BCUT2D eigenvalue weighted by molar-refractivity contribution is 7.92. The number of esters is 1. The number of rotatable bonds is 5. The van der Waals surface area contributed by atoms with Crippen LogP contribution in [0.1, 0.15) is 10.4 Å². The van der Waals surface area contributed by atoms with Crippen molar-refractivity contribution >= 4 is 21.7 Å². The Labute approximate surface area is 137 Å². The summed E-state index contributed by atoms with van der Waals surface area (Å²) in [4.78, 5) is 11.1. The number of halogens is 2. The largest absolute Gasteiger partial charge is 0.496 e. The van der Waals surface area contributed by atoms with E-state index >= 15 is 0 Å². The zero-order valence-electron chi connectivity index (χ0n) is 12.7. The number of methoxy groups -OCH3 is 2. The Morgan fingerprint density at radius 3 is 2.33 bits per heavy atom. The van der Waals surface area contributed by atoms with Gasteiger partial charge in [0.2, 0.25) is 0 Å². The highest BCUT2D eigenvalue weighted by Gasteiger charge is 2.19. The van der Waals surface area contributed by atoms with Gasteiger partial charge in [0, 0.05) is 6.07 Å². The average molecular weight is 357 g/mol. The molecule has 0 fully saturated rings. The number of sulfonamides is 1. The number of nitrogens with one attached hydrogen (secondary N) is 1. The van der Waals surface area contributed by atoms with Gasteiger partial charge in [0.25, 0.3) is 10.0 Å². The van der Waals surface area contributed by atoms with Gasteiger partial charge in [-0.1, -0.05) is 0 Å². The van der Waals surface area contributed by atoms with Crippen LogP contribution in [0.2, 0.25) is 0 Å². The summed E-state index contributed by atoms with van der Waals surface area (Å²) in [6.07, 6.45) is 0. The maximum atomic E-state index is 13.2. The molecule has 9 heteroatoms. The van der Waals surface area contributed by atoms with Crippen molar-refractivity contribution in [3.05, 3.63) is 53.6 Å². The summed E-state index contributed by atoms with van der Waals surface area (Å²) in [5.74, 6) is -3.00. The first-order valence-electron chi connectivity index (χ1n) is 6.52. The van der Waals surface area contributed by atoms with Gasteiger partial charge in [-0.25, -0.2) is 22.0 Å². The Morgan fingerprint density at radius 2 is 1.75 bits per heavy atom. The van der Waals surface area contributed by atoms with Gasteiger partial charge in [-0.15, -0.1) is 0 Å². The summed E-state index contributed by atoms with van der Waals surface area (Å²) < 4.78 is 62.3. The second kappa shape index (κ2) is 6.83. The summed E-state index contributed by atoms with van der Waals surface area (Å²) >= 11 is 0. The van der Waals surface area contributed by atoms with Crippen LogP contribution in [-0.2, 0) is 14.8 Å². The summed E-state index contributed by atoms with van der Waals surface area (Å²) in [7, 11) is -1.65. The molecule has 24 heavy (non-hydrogen) atoms. The van der Waals surface area contributed by atoms with Gasteiger partial charge in [0.15, 0.2) is 11.6 Å². The molecule has 0 radical (unpaired) electrons. The zero-order valence-corrected chi connectivity index (χ0v) is 13.5. The van der Waals surface area contributed by atoms with Gasteiger partial charge in [-0.2, -0.15) is 0 Å². The average Bonchev–Trinajstić information content (AvgIpc) is 2.56. The Bertz CT molecular complexity index is 883. The van der Waals surface area contributed by atoms with Crippen molar-refractivity contribution in [1.82, 2.24) is 0 Å². The molecule has 2 rings (SSSR count). The van der Waals surface area contributed by atoms with Crippen LogP contribution in [0.15, 0.2) is 41.3 Å². The lowest BCUT2D eigenvalue weighted by Crippen LogP contribution is -2.14. The molecule has 0 unspecified atom stereocenters. The fraction of sp³-hybridized carbons (Fsp3) is 0.133. The molecule has 0 aromatic heterocycles. The van der Waals surface area contributed by atoms with E-state index in [-0.39, 0.29) is 17.0 Å². The fourth-order valence-electron chi connectivity index (χ4n) is 1.89. The minimum absolute atomic E-state index is 0.0734. The third-order valence-electron chi connectivity index (χ3n) is 3.06. The van der Waals surface area contributed by atoms with Gasteiger partial charge < -0.3 is 9.47 Å². The van der Waals surface area contributed by atoms with E-state index < -0.39 is 32.5 Å². The van der Waals surface area contributed by atoms with E-state index in [1.54, 1.807) is 0 Å².